The number of benzene rings is 2. The minimum absolute atomic E-state index is 0.401. The minimum atomic E-state index is -0.556. The molecule has 0 saturated carbocycles. The van der Waals surface area contributed by atoms with Crippen LogP contribution < -0.4 is 10.6 Å². The van der Waals surface area contributed by atoms with Crippen LogP contribution in [0.2, 0.25) is 0 Å². The Morgan fingerprint density at radius 2 is 1.63 bits per heavy atom. The van der Waals surface area contributed by atoms with Crippen LogP contribution in [0.4, 0.5) is 0 Å². The molecule has 0 saturated heterocycles. The number of phenolic OH excluding ortho intramolecular Hbond substituents is 1. The monoisotopic (exact) mass is 461 g/mol. The molecule has 2 nitrogen and oxygen atoms in total. The van der Waals surface area contributed by atoms with E-state index >= 15 is 0 Å². The molecule has 2 rings (SSSR count). The average Bonchev–Trinajstić information content (AvgIpc) is 2.58. The van der Waals surface area contributed by atoms with Crippen molar-refractivity contribution in [2.75, 3.05) is 0 Å². The summed E-state index contributed by atoms with van der Waals surface area (Å²) >= 11 is -0.556. The molecular formula is C21H30Cl2NOPTi. The van der Waals surface area contributed by atoms with Crippen LogP contribution >= 0.6 is 27.2 Å². The van der Waals surface area contributed by atoms with E-state index in [1.165, 1.54) is 22.0 Å². The van der Waals surface area contributed by atoms with Crippen molar-refractivity contribution in [3.8, 4) is 5.75 Å². The second kappa shape index (κ2) is 12.5. The second-order valence-electron chi connectivity index (χ2n) is 7.19. The first-order chi connectivity index (χ1) is 12.7. The van der Waals surface area contributed by atoms with E-state index in [9.17, 15) is 5.11 Å². The molecule has 148 valence electrons. The zero-order chi connectivity index (χ0) is 20.6. The second-order valence-corrected chi connectivity index (χ2v) is 11.1. The van der Waals surface area contributed by atoms with Crippen LogP contribution in [-0.4, -0.2) is 22.1 Å². The quantitative estimate of drug-likeness (QED) is 0.444. The number of phenols is 1. The first kappa shape index (κ1) is 25.0. The van der Waals surface area contributed by atoms with Crippen molar-refractivity contribution >= 4 is 37.8 Å². The predicted octanol–water partition coefficient (Wildman–Crippen LogP) is 5.63. The third kappa shape index (κ3) is 8.05. The van der Waals surface area contributed by atoms with E-state index in [1.807, 2.05) is 12.1 Å². The molecule has 0 bridgehead atoms. The van der Waals surface area contributed by atoms with Gasteiger partial charge in [0, 0.05) is 23.9 Å². The maximum atomic E-state index is 10.2. The van der Waals surface area contributed by atoms with Gasteiger partial charge in [-0.2, -0.15) is 0 Å². The van der Waals surface area contributed by atoms with Crippen LogP contribution in [0.25, 0.3) is 0 Å². The molecule has 6 heteroatoms. The molecule has 0 fully saturated rings. The Hall–Kier alpha value is -0.0757. The average molecular weight is 462 g/mol. The first-order valence-corrected chi connectivity index (χ1v) is 14.4. The van der Waals surface area contributed by atoms with Gasteiger partial charge in [-0.25, -0.2) is 0 Å². The summed E-state index contributed by atoms with van der Waals surface area (Å²) in [4.78, 5) is 2.51. The van der Waals surface area contributed by atoms with Crippen LogP contribution in [0, 0.1) is 13.8 Å². The van der Waals surface area contributed by atoms with Gasteiger partial charge in [-0.1, -0.05) is 38.4 Å². The molecule has 0 aromatic heterocycles. The summed E-state index contributed by atoms with van der Waals surface area (Å²) in [6, 6.07) is 13.4. The molecule has 0 radical (unpaired) electrons. The number of halogens is 2. The van der Waals surface area contributed by atoms with Crippen molar-refractivity contribution in [1.29, 1.82) is 0 Å². The van der Waals surface area contributed by atoms with E-state index in [0.29, 0.717) is 26.4 Å². The number of hydrogen-bond acceptors (Lipinski definition) is 2. The summed E-state index contributed by atoms with van der Waals surface area (Å²) in [5.74, 6) is 0.401. The van der Waals surface area contributed by atoms with Gasteiger partial charge < -0.3 is 5.11 Å². The summed E-state index contributed by atoms with van der Waals surface area (Å²) < 4.78 is 0. The van der Waals surface area contributed by atoms with Gasteiger partial charge >= 0.3 is 35.6 Å². The number of aromatic hydroxyl groups is 1. The SMILES string of the molecule is Cc1ccc(O)c(Pc2c(C)cccc2CN(C(C)C)C(C)C)c1.[Cl][Ti][Cl]. The van der Waals surface area contributed by atoms with Crippen LogP contribution in [0.5, 0.6) is 5.75 Å². The van der Waals surface area contributed by atoms with E-state index in [2.05, 4.69) is 70.7 Å². The fourth-order valence-electron chi connectivity index (χ4n) is 3.08. The summed E-state index contributed by atoms with van der Waals surface area (Å²) in [5.41, 5.74) is 3.87. The molecule has 0 aliphatic rings. The normalized spacial score (nSPS) is 11.4. The van der Waals surface area contributed by atoms with Crippen LogP contribution in [0.3, 0.4) is 0 Å². The fourth-order valence-corrected chi connectivity index (χ4v) is 4.47. The Labute approximate surface area is 183 Å². The molecule has 0 aliphatic heterocycles. The van der Waals surface area contributed by atoms with Crippen molar-refractivity contribution in [1.82, 2.24) is 4.90 Å². The van der Waals surface area contributed by atoms with Crippen molar-refractivity contribution < 1.29 is 22.1 Å². The van der Waals surface area contributed by atoms with Crippen LogP contribution in [0.1, 0.15) is 44.4 Å². The van der Waals surface area contributed by atoms with E-state index in [4.69, 9.17) is 18.6 Å². The molecule has 0 spiro atoms. The Balaban J connectivity index is 0.00000114. The third-order valence-electron chi connectivity index (χ3n) is 4.45. The van der Waals surface area contributed by atoms with Crippen molar-refractivity contribution in [2.24, 2.45) is 0 Å². The van der Waals surface area contributed by atoms with E-state index in [1.54, 1.807) is 0 Å². The van der Waals surface area contributed by atoms with Crippen molar-refractivity contribution in [3.05, 3.63) is 53.1 Å². The van der Waals surface area contributed by atoms with Gasteiger partial charge in [0.15, 0.2) is 0 Å². The number of nitrogens with zero attached hydrogens (tertiary/aromatic N) is 1. The van der Waals surface area contributed by atoms with Gasteiger partial charge in [0.2, 0.25) is 0 Å². The Kier molecular flexibility index (Phi) is 11.5. The van der Waals surface area contributed by atoms with Crippen molar-refractivity contribution in [2.45, 2.75) is 60.2 Å². The van der Waals surface area contributed by atoms with Gasteiger partial charge in [0.05, 0.1) is 0 Å². The fraction of sp³-hybridized carbons (Fsp3) is 0.429. The van der Waals surface area contributed by atoms with E-state index < -0.39 is 17.0 Å². The molecular weight excluding hydrogens is 432 g/mol. The molecule has 1 atom stereocenters. The van der Waals surface area contributed by atoms with Crippen LogP contribution in [-0.2, 0) is 23.6 Å². The number of hydrogen-bond donors (Lipinski definition) is 1. The molecule has 1 N–H and O–H groups in total. The predicted molar refractivity (Wildman–Crippen MR) is 119 cm³/mol. The molecule has 0 heterocycles. The summed E-state index contributed by atoms with van der Waals surface area (Å²) in [6.07, 6.45) is 0. The third-order valence-corrected chi connectivity index (χ3v) is 6.09. The summed E-state index contributed by atoms with van der Waals surface area (Å²) in [5, 5.41) is 12.6. The van der Waals surface area contributed by atoms with Gasteiger partial charge in [0.1, 0.15) is 5.75 Å². The molecule has 27 heavy (non-hydrogen) atoms. The topological polar surface area (TPSA) is 23.5 Å². The first-order valence-electron chi connectivity index (χ1n) is 9.08. The summed E-state index contributed by atoms with van der Waals surface area (Å²) in [6.45, 7) is 14.2. The Morgan fingerprint density at radius 1 is 1.04 bits per heavy atom. The molecule has 0 aliphatic carbocycles. The molecule has 1 unspecified atom stereocenters. The Bertz CT molecular complexity index is 717. The maximum absolute atomic E-state index is 10.2. The van der Waals surface area contributed by atoms with Gasteiger partial charge in [-0.15, -0.1) is 0 Å². The van der Waals surface area contributed by atoms with Gasteiger partial charge in [-0.3, -0.25) is 4.90 Å². The zero-order valence-corrected chi connectivity index (χ0v) is 21.0. The van der Waals surface area contributed by atoms with Crippen molar-refractivity contribution in [3.63, 3.8) is 0 Å². The van der Waals surface area contributed by atoms with Gasteiger partial charge in [-0.05, 0) is 70.1 Å². The molecule has 0 amide bonds. The standard InChI is InChI=1S/C21H30NOP.2ClH.Ti/c1-14(2)22(15(3)4)13-18-9-7-8-17(6)21(18)24-20-12-16(5)10-11-19(20)23;;;/h7-12,14-15,23-24H,13H2,1-6H3;2*1H;/q;;;+2/p-2. The molecule has 2 aromatic carbocycles. The Morgan fingerprint density at radius 3 is 2.19 bits per heavy atom. The van der Waals surface area contributed by atoms with Crippen LogP contribution in [0.15, 0.2) is 36.4 Å². The van der Waals surface area contributed by atoms with E-state index in [0.717, 1.165) is 11.8 Å². The van der Waals surface area contributed by atoms with Gasteiger partial charge in [0.25, 0.3) is 0 Å². The zero-order valence-electron chi connectivity index (χ0n) is 17.0. The summed E-state index contributed by atoms with van der Waals surface area (Å²) in [7, 11) is 10.3. The van der Waals surface area contributed by atoms with E-state index in [-0.39, 0.29) is 0 Å². The number of aryl methyl sites for hydroxylation is 2. The molecule has 2 aromatic rings. The number of rotatable bonds is 6.